The van der Waals surface area contributed by atoms with Gasteiger partial charge in [0.05, 0.1) is 0 Å². The number of urea groups is 1. The van der Waals surface area contributed by atoms with Crippen LogP contribution in [0.25, 0.3) is 0 Å². The van der Waals surface area contributed by atoms with Crippen molar-refractivity contribution in [1.29, 1.82) is 0 Å². The van der Waals surface area contributed by atoms with Gasteiger partial charge in [0, 0.05) is 51.2 Å². The summed E-state index contributed by atoms with van der Waals surface area (Å²) in [5, 5.41) is 3.09. The highest BCUT2D eigenvalue weighted by molar-refractivity contribution is 5.74. The second kappa shape index (κ2) is 5.83. The number of aryl methyl sites for hydroxylation is 1. The molecule has 6 heteroatoms. The molecule has 1 spiro atoms. The van der Waals surface area contributed by atoms with Gasteiger partial charge in [0.25, 0.3) is 0 Å². The third kappa shape index (κ3) is 3.21. The van der Waals surface area contributed by atoms with Gasteiger partial charge in [0.2, 0.25) is 0 Å². The number of nitrogens with zero attached hydrogens (tertiary/aromatic N) is 4. The van der Waals surface area contributed by atoms with Crippen LogP contribution in [0.15, 0.2) is 12.4 Å². The molecule has 1 aromatic heterocycles. The van der Waals surface area contributed by atoms with Crippen molar-refractivity contribution in [2.75, 3.05) is 27.2 Å². The lowest BCUT2D eigenvalue weighted by atomic mass is 9.65. The Bertz CT molecular complexity index is 536. The molecular formula is C16H25N5O. The van der Waals surface area contributed by atoms with Crippen LogP contribution in [0.1, 0.15) is 30.7 Å². The molecule has 0 aromatic carbocycles. The van der Waals surface area contributed by atoms with Crippen molar-refractivity contribution < 1.29 is 4.79 Å². The van der Waals surface area contributed by atoms with E-state index in [1.165, 1.54) is 12.0 Å². The number of likely N-dealkylation sites (tertiary alicyclic amines) is 1. The molecule has 3 rings (SSSR count). The second-order valence-electron chi connectivity index (χ2n) is 7.05. The highest BCUT2D eigenvalue weighted by atomic mass is 16.2. The maximum Gasteiger partial charge on any atom is 0.317 e. The summed E-state index contributed by atoms with van der Waals surface area (Å²) in [7, 11) is 3.56. The van der Waals surface area contributed by atoms with Crippen LogP contribution in [0, 0.1) is 12.3 Å². The van der Waals surface area contributed by atoms with Crippen LogP contribution < -0.4 is 5.32 Å². The van der Waals surface area contributed by atoms with Crippen LogP contribution in [0.2, 0.25) is 0 Å². The predicted molar refractivity (Wildman–Crippen MR) is 84.3 cm³/mol. The summed E-state index contributed by atoms with van der Waals surface area (Å²) in [5.74, 6) is 0.820. The average Bonchev–Trinajstić information content (AvgIpc) is 2.85. The van der Waals surface area contributed by atoms with E-state index in [0.29, 0.717) is 11.5 Å². The topological polar surface area (TPSA) is 61.4 Å². The maximum absolute atomic E-state index is 11.7. The van der Waals surface area contributed by atoms with E-state index in [0.717, 1.165) is 38.3 Å². The number of rotatable bonds is 3. The molecule has 2 aliphatic rings. The Labute approximate surface area is 131 Å². The molecule has 1 N–H and O–H groups in total. The van der Waals surface area contributed by atoms with Gasteiger partial charge in [0.1, 0.15) is 5.82 Å². The first-order chi connectivity index (χ1) is 10.5. The Hall–Kier alpha value is -1.69. The average molecular weight is 303 g/mol. The monoisotopic (exact) mass is 303 g/mol. The van der Waals surface area contributed by atoms with Crippen molar-refractivity contribution in [2.24, 2.45) is 5.41 Å². The highest BCUT2D eigenvalue weighted by Gasteiger charge is 2.48. The Morgan fingerprint density at radius 1 is 1.41 bits per heavy atom. The third-order valence-electron chi connectivity index (χ3n) is 4.85. The van der Waals surface area contributed by atoms with Crippen molar-refractivity contribution >= 4 is 6.03 Å². The molecule has 2 fully saturated rings. The van der Waals surface area contributed by atoms with Gasteiger partial charge >= 0.3 is 6.03 Å². The van der Waals surface area contributed by atoms with Gasteiger partial charge in [-0.3, -0.25) is 4.90 Å². The Morgan fingerprint density at radius 3 is 2.73 bits per heavy atom. The van der Waals surface area contributed by atoms with Crippen LogP contribution in [0.3, 0.4) is 0 Å². The number of carbonyl (C=O) groups is 1. The molecule has 1 aromatic rings. The second-order valence-corrected chi connectivity index (χ2v) is 7.05. The molecule has 1 aliphatic carbocycles. The smallest absolute Gasteiger partial charge is 0.317 e. The summed E-state index contributed by atoms with van der Waals surface area (Å²) >= 11 is 0. The minimum atomic E-state index is 0.0199. The van der Waals surface area contributed by atoms with E-state index in [4.69, 9.17) is 0 Å². The van der Waals surface area contributed by atoms with E-state index in [2.05, 4.69) is 20.2 Å². The molecule has 1 saturated carbocycles. The van der Waals surface area contributed by atoms with Gasteiger partial charge in [-0.2, -0.15) is 0 Å². The normalized spacial score (nSPS) is 27.7. The first-order valence-corrected chi connectivity index (χ1v) is 7.93. The predicted octanol–water partition coefficient (Wildman–Crippen LogP) is 1.41. The lowest BCUT2D eigenvalue weighted by Gasteiger charge is -2.45. The molecule has 0 bridgehead atoms. The zero-order valence-corrected chi connectivity index (χ0v) is 13.7. The zero-order chi connectivity index (χ0) is 15.7. The summed E-state index contributed by atoms with van der Waals surface area (Å²) in [5.41, 5.74) is 1.59. The highest BCUT2D eigenvalue weighted by Crippen LogP contribution is 2.48. The van der Waals surface area contributed by atoms with Crippen molar-refractivity contribution in [3.05, 3.63) is 23.8 Å². The number of hydrogen-bond donors (Lipinski definition) is 1. The summed E-state index contributed by atoms with van der Waals surface area (Å²) in [4.78, 5) is 24.3. The summed E-state index contributed by atoms with van der Waals surface area (Å²) in [6, 6.07) is 0.365. The number of nitrogens with one attached hydrogen (secondary N) is 1. The van der Waals surface area contributed by atoms with Gasteiger partial charge in [-0.25, -0.2) is 14.8 Å². The Kier molecular flexibility index (Phi) is 4.04. The lowest BCUT2D eigenvalue weighted by Crippen LogP contribution is -2.53. The number of aromatic nitrogens is 2. The van der Waals surface area contributed by atoms with Gasteiger partial charge in [-0.05, 0) is 38.1 Å². The number of carbonyl (C=O) groups excluding carboxylic acids is 1. The molecule has 2 heterocycles. The third-order valence-corrected chi connectivity index (χ3v) is 4.85. The van der Waals surface area contributed by atoms with E-state index in [9.17, 15) is 4.79 Å². The minimum absolute atomic E-state index is 0.0199. The quantitative estimate of drug-likeness (QED) is 0.917. The molecule has 6 nitrogen and oxygen atoms in total. The molecule has 2 amide bonds. The van der Waals surface area contributed by atoms with Crippen molar-refractivity contribution in [3.8, 4) is 0 Å². The molecule has 120 valence electrons. The number of amides is 2. The van der Waals surface area contributed by atoms with E-state index in [1.54, 1.807) is 19.0 Å². The molecule has 0 unspecified atom stereocenters. The van der Waals surface area contributed by atoms with E-state index in [-0.39, 0.29) is 6.03 Å². The fraction of sp³-hybridized carbons (Fsp3) is 0.688. The number of hydrogen-bond acceptors (Lipinski definition) is 4. The Balaban J connectivity index is 1.47. The zero-order valence-electron chi connectivity index (χ0n) is 13.7. The van der Waals surface area contributed by atoms with E-state index in [1.807, 2.05) is 19.3 Å². The van der Waals surface area contributed by atoms with Crippen LogP contribution in [-0.4, -0.2) is 59.0 Å². The van der Waals surface area contributed by atoms with E-state index >= 15 is 0 Å². The minimum Gasteiger partial charge on any atom is -0.335 e. The summed E-state index contributed by atoms with van der Waals surface area (Å²) < 4.78 is 0. The fourth-order valence-electron chi connectivity index (χ4n) is 3.65. The first kappa shape index (κ1) is 15.2. The lowest BCUT2D eigenvalue weighted by molar-refractivity contribution is 0.0898. The van der Waals surface area contributed by atoms with Crippen LogP contribution in [-0.2, 0) is 6.54 Å². The van der Waals surface area contributed by atoms with Crippen molar-refractivity contribution in [1.82, 2.24) is 25.1 Å². The van der Waals surface area contributed by atoms with E-state index < -0.39 is 0 Å². The SMILES string of the molecule is Cc1ncc(CN2CCC3(CC(NC(=O)N(C)C)C3)C2)cn1. The molecular weight excluding hydrogens is 278 g/mol. The van der Waals surface area contributed by atoms with Gasteiger partial charge in [0.15, 0.2) is 0 Å². The standard InChI is InChI=1S/C16H25N5O/c1-12-17-8-13(9-18-12)10-21-5-4-16(11-21)6-14(7-16)19-15(22)20(2)3/h8-9,14H,4-7,10-11H2,1-3H3,(H,19,22). The van der Waals surface area contributed by atoms with Gasteiger partial charge in [-0.15, -0.1) is 0 Å². The largest absolute Gasteiger partial charge is 0.335 e. The summed E-state index contributed by atoms with van der Waals surface area (Å²) in [6.45, 7) is 5.08. The fourth-order valence-corrected chi connectivity index (χ4v) is 3.65. The van der Waals surface area contributed by atoms with Crippen molar-refractivity contribution in [2.45, 2.75) is 38.8 Å². The first-order valence-electron chi connectivity index (χ1n) is 7.93. The molecule has 1 saturated heterocycles. The Morgan fingerprint density at radius 2 is 2.09 bits per heavy atom. The van der Waals surface area contributed by atoms with Crippen molar-refractivity contribution in [3.63, 3.8) is 0 Å². The van der Waals surface area contributed by atoms with Gasteiger partial charge in [-0.1, -0.05) is 0 Å². The maximum atomic E-state index is 11.7. The van der Waals surface area contributed by atoms with Crippen LogP contribution >= 0.6 is 0 Å². The molecule has 1 aliphatic heterocycles. The molecule has 22 heavy (non-hydrogen) atoms. The van der Waals surface area contributed by atoms with Gasteiger partial charge < -0.3 is 10.2 Å². The summed E-state index contributed by atoms with van der Waals surface area (Å²) in [6.07, 6.45) is 7.29. The molecule has 0 atom stereocenters. The van der Waals surface area contributed by atoms with Crippen LogP contribution in [0.5, 0.6) is 0 Å². The molecule has 0 radical (unpaired) electrons. The van der Waals surface area contributed by atoms with Crippen LogP contribution in [0.4, 0.5) is 4.79 Å².